The average Bonchev–Trinajstić information content (AvgIpc) is 2.57. The minimum atomic E-state index is -1.00. The van der Waals surface area contributed by atoms with Crippen LogP contribution < -0.4 is 0 Å². The molecule has 0 fully saturated rings. The first kappa shape index (κ1) is 30.6. The highest BCUT2D eigenvalue weighted by molar-refractivity contribution is 5.89. The third-order valence-electron chi connectivity index (χ3n) is 2.58. The zero-order valence-corrected chi connectivity index (χ0v) is 18.2. The average molecular weight is 412 g/mol. The molecule has 0 spiro atoms. The first-order valence-corrected chi connectivity index (χ1v) is 8.40. The Morgan fingerprint density at radius 2 is 1.28 bits per heavy atom. The molecular formula is C21H32O8. The lowest BCUT2D eigenvalue weighted by molar-refractivity contribution is -0.150. The quantitative estimate of drug-likeness (QED) is 0.499. The SMILES string of the molecule is C=C(C)C(=O)O.C=C(C)C(=O)OC.C=C(CC=C(C)C(=O)O)C(=O)OC(C)(C)C. The summed E-state index contributed by atoms with van der Waals surface area (Å²) in [4.78, 5) is 41.7. The standard InChI is InChI=1S/C12H18O4.C5H8O2.C4H6O2/c1-8(10(13)14)6-7-9(2)11(15)16-12(3,4)5;1-4(2)5(6)7-3;1-3(2)4(5)6/h6H,2,7H2,1,3-5H3,(H,13,14);1H2,2-3H3;1H2,2H3,(H,5,6). The van der Waals surface area contributed by atoms with Gasteiger partial charge in [0.2, 0.25) is 0 Å². The molecule has 0 aliphatic carbocycles. The molecule has 0 saturated heterocycles. The Kier molecular flexibility index (Phi) is 15.6. The fourth-order valence-corrected chi connectivity index (χ4v) is 0.971. The number of hydrogen-bond acceptors (Lipinski definition) is 6. The van der Waals surface area contributed by atoms with E-state index in [-0.39, 0.29) is 29.1 Å². The van der Waals surface area contributed by atoms with Crippen LogP contribution in [0, 0.1) is 0 Å². The van der Waals surface area contributed by atoms with Gasteiger partial charge in [-0.1, -0.05) is 25.8 Å². The summed E-state index contributed by atoms with van der Waals surface area (Å²) in [5.74, 6) is -2.78. The number of hydrogen-bond donors (Lipinski definition) is 2. The van der Waals surface area contributed by atoms with E-state index < -0.39 is 23.5 Å². The smallest absolute Gasteiger partial charge is 0.334 e. The number of carboxylic acid groups (broad SMARTS) is 2. The van der Waals surface area contributed by atoms with E-state index in [1.54, 1.807) is 27.7 Å². The van der Waals surface area contributed by atoms with Crippen LogP contribution in [0.1, 0.15) is 48.0 Å². The molecule has 0 saturated carbocycles. The molecule has 0 atom stereocenters. The summed E-state index contributed by atoms with van der Waals surface area (Å²) in [7, 11) is 1.33. The third kappa shape index (κ3) is 21.0. The van der Waals surface area contributed by atoms with Crippen molar-refractivity contribution in [3.05, 3.63) is 48.1 Å². The summed E-state index contributed by atoms with van der Waals surface area (Å²) in [6, 6.07) is 0. The van der Waals surface area contributed by atoms with Crippen molar-refractivity contribution in [3.63, 3.8) is 0 Å². The van der Waals surface area contributed by atoms with Crippen molar-refractivity contribution in [1.29, 1.82) is 0 Å². The van der Waals surface area contributed by atoms with Crippen molar-refractivity contribution >= 4 is 23.9 Å². The maximum Gasteiger partial charge on any atom is 0.334 e. The summed E-state index contributed by atoms with van der Waals surface area (Å²) in [5, 5.41) is 16.5. The van der Waals surface area contributed by atoms with Crippen LogP contribution >= 0.6 is 0 Å². The Morgan fingerprint density at radius 3 is 1.48 bits per heavy atom. The van der Waals surface area contributed by atoms with Gasteiger partial charge in [0.25, 0.3) is 0 Å². The van der Waals surface area contributed by atoms with Gasteiger partial charge in [-0.05, 0) is 48.0 Å². The molecule has 0 amide bonds. The minimum Gasteiger partial charge on any atom is -0.478 e. The second-order valence-corrected chi connectivity index (χ2v) is 6.86. The van der Waals surface area contributed by atoms with E-state index in [1.807, 2.05) is 0 Å². The van der Waals surface area contributed by atoms with Crippen molar-refractivity contribution in [2.75, 3.05) is 7.11 Å². The topological polar surface area (TPSA) is 127 Å². The van der Waals surface area contributed by atoms with E-state index in [2.05, 4.69) is 24.5 Å². The minimum absolute atomic E-state index is 0.176. The molecule has 0 bridgehead atoms. The molecule has 164 valence electrons. The number of rotatable bonds is 6. The fourth-order valence-electron chi connectivity index (χ4n) is 0.971. The molecule has 0 aromatic carbocycles. The predicted octanol–water partition coefficient (Wildman–Crippen LogP) is 3.69. The van der Waals surface area contributed by atoms with Crippen LogP contribution in [0.2, 0.25) is 0 Å². The highest BCUT2D eigenvalue weighted by Gasteiger charge is 2.18. The Labute approximate surface area is 172 Å². The van der Waals surface area contributed by atoms with Crippen molar-refractivity contribution in [2.24, 2.45) is 0 Å². The number of aliphatic carboxylic acids is 2. The van der Waals surface area contributed by atoms with E-state index >= 15 is 0 Å². The van der Waals surface area contributed by atoms with Crippen LogP contribution in [-0.4, -0.2) is 46.8 Å². The van der Waals surface area contributed by atoms with Gasteiger partial charge in [0.15, 0.2) is 0 Å². The number of ether oxygens (including phenoxy) is 2. The molecule has 0 unspecified atom stereocenters. The number of methoxy groups -OCH3 is 1. The van der Waals surface area contributed by atoms with Crippen molar-refractivity contribution < 1.29 is 38.9 Å². The lowest BCUT2D eigenvalue weighted by Crippen LogP contribution is -2.24. The van der Waals surface area contributed by atoms with Gasteiger partial charge in [-0.25, -0.2) is 19.2 Å². The first-order valence-electron chi connectivity index (χ1n) is 8.40. The summed E-state index contributed by atoms with van der Waals surface area (Å²) < 4.78 is 9.35. The van der Waals surface area contributed by atoms with Crippen LogP contribution in [-0.2, 0) is 28.7 Å². The molecule has 2 N–H and O–H groups in total. The van der Waals surface area contributed by atoms with Gasteiger partial charge >= 0.3 is 23.9 Å². The lowest BCUT2D eigenvalue weighted by Gasteiger charge is -2.19. The van der Waals surface area contributed by atoms with Crippen LogP contribution in [0.15, 0.2) is 48.1 Å². The number of carbonyl (C=O) groups is 4. The van der Waals surface area contributed by atoms with E-state index in [4.69, 9.17) is 14.9 Å². The van der Waals surface area contributed by atoms with Gasteiger partial charge in [-0.3, -0.25) is 0 Å². The second-order valence-electron chi connectivity index (χ2n) is 6.86. The van der Waals surface area contributed by atoms with Crippen LogP contribution in [0.5, 0.6) is 0 Å². The van der Waals surface area contributed by atoms with Crippen LogP contribution in [0.4, 0.5) is 0 Å². The van der Waals surface area contributed by atoms with Gasteiger partial charge in [0, 0.05) is 22.3 Å². The molecule has 0 radical (unpaired) electrons. The Morgan fingerprint density at radius 1 is 0.862 bits per heavy atom. The van der Waals surface area contributed by atoms with E-state index in [0.717, 1.165) is 0 Å². The van der Waals surface area contributed by atoms with Crippen molar-refractivity contribution in [1.82, 2.24) is 0 Å². The van der Waals surface area contributed by atoms with Gasteiger partial charge in [0.05, 0.1) is 7.11 Å². The molecule has 0 aliphatic heterocycles. The van der Waals surface area contributed by atoms with Gasteiger partial charge in [-0.15, -0.1) is 0 Å². The second kappa shape index (κ2) is 14.8. The van der Waals surface area contributed by atoms with E-state index in [9.17, 15) is 19.2 Å². The number of carboxylic acids is 2. The molecule has 0 aliphatic rings. The molecule has 8 nitrogen and oxygen atoms in total. The van der Waals surface area contributed by atoms with Crippen LogP contribution in [0.3, 0.4) is 0 Å². The Hall–Kier alpha value is -3.16. The fraction of sp³-hybridized carbons (Fsp3) is 0.429. The highest BCUT2D eigenvalue weighted by atomic mass is 16.6. The van der Waals surface area contributed by atoms with Crippen molar-refractivity contribution in [2.45, 2.75) is 53.6 Å². The summed E-state index contributed by atoms with van der Waals surface area (Å²) in [5.41, 5.74) is 0.476. The zero-order valence-electron chi connectivity index (χ0n) is 18.2. The summed E-state index contributed by atoms with van der Waals surface area (Å²) in [6.07, 6.45) is 1.63. The van der Waals surface area contributed by atoms with Gasteiger partial charge < -0.3 is 19.7 Å². The number of carbonyl (C=O) groups excluding carboxylic acids is 2. The molecular weight excluding hydrogens is 380 g/mol. The lowest BCUT2D eigenvalue weighted by atomic mass is 10.1. The number of esters is 2. The first-order chi connectivity index (χ1) is 13.0. The zero-order chi connectivity index (χ0) is 23.9. The van der Waals surface area contributed by atoms with Crippen LogP contribution in [0.25, 0.3) is 0 Å². The molecule has 29 heavy (non-hydrogen) atoms. The summed E-state index contributed by atoms with van der Waals surface area (Å²) >= 11 is 0. The monoisotopic (exact) mass is 412 g/mol. The Balaban J connectivity index is -0.000000427. The molecule has 0 heterocycles. The molecule has 8 heteroatoms. The third-order valence-corrected chi connectivity index (χ3v) is 2.58. The molecule has 0 aromatic rings. The van der Waals surface area contributed by atoms with Gasteiger partial charge in [-0.2, -0.15) is 0 Å². The Bertz CT molecular complexity index is 663. The maximum atomic E-state index is 11.4. The predicted molar refractivity (Wildman–Crippen MR) is 110 cm³/mol. The number of allylic oxidation sites excluding steroid dienone is 1. The maximum absolute atomic E-state index is 11.4. The van der Waals surface area contributed by atoms with Gasteiger partial charge in [0.1, 0.15) is 5.60 Å². The van der Waals surface area contributed by atoms with Crippen molar-refractivity contribution in [3.8, 4) is 0 Å². The largest absolute Gasteiger partial charge is 0.478 e. The van der Waals surface area contributed by atoms with E-state index in [1.165, 1.54) is 27.0 Å². The highest BCUT2D eigenvalue weighted by Crippen LogP contribution is 2.12. The normalized spacial score (nSPS) is 10.1. The molecule has 0 aromatic heterocycles. The molecule has 0 rings (SSSR count). The summed E-state index contributed by atoms with van der Waals surface area (Å²) in [6.45, 7) is 19.9. The van der Waals surface area contributed by atoms with E-state index in [0.29, 0.717) is 5.57 Å².